The van der Waals surface area contributed by atoms with Gasteiger partial charge < -0.3 is 5.32 Å². The number of benzene rings is 1. The Labute approximate surface area is 142 Å². The van der Waals surface area contributed by atoms with Gasteiger partial charge >= 0.3 is 0 Å². The molecule has 1 amide bonds. The molecule has 1 N–H and O–H groups in total. The van der Waals surface area contributed by atoms with E-state index in [2.05, 4.69) is 15.4 Å². The predicted molar refractivity (Wildman–Crippen MR) is 91.5 cm³/mol. The van der Waals surface area contributed by atoms with Gasteiger partial charge in [-0.2, -0.15) is 5.10 Å². The van der Waals surface area contributed by atoms with Gasteiger partial charge in [-0.1, -0.05) is 31.0 Å². The summed E-state index contributed by atoms with van der Waals surface area (Å²) >= 11 is 0. The molecule has 0 bridgehead atoms. The van der Waals surface area contributed by atoms with Gasteiger partial charge in [0.15, 0.2) is 0 Å². The van der Waals surface area contributed by atoms with Gasteiger partial charge in [0.1, 0.15) is 12.7 Å². The van der Waals surface area contributed by atoms with E-state index in [1.54, 1.807) is 11.0 Å². The third kappa shape index (κ3) is 3.50. The van der Waals surface area contributed by atoms with Crippen LogP contribution in [0.1, 0.15) is 54.4 Å². The number of nitrogens with zero attached hydrogens (tertiary/aromatic N) is 3. The number of nitrogens with one attached hydrogen (secondary N) is 1. The summed E-state index contributed by atoms with van der Waals surface area (Å²) in [6, 6.07) is 8.12. The van der Waals surface area contributed by atoms with Gasteiger partial charge in [-0.15, -0.1) is 0 Å². The van der Waals surface area contributed by atoms with Gasteiger partial charge in [0.2, 0.25) is 0 Å². The zero-order valence-corrected chi connectivity index (χ0v) is 13.9. The van der Waals surface area contributed by atoms with Crippen molar-refractivity contribution in [3.05, 3.63) is 48.0 Å². The van der Waals surface area contributed by atoms with E-state index in [0.29, 0.717) is 12.6 Å². The maximum Gasteiger partial charge on any atom is 0.251 e. The SMILES string of the molecule is O=C(N[C@H]1CCC[C@H](C2CC2)C1)c1ccccc1Cn1cncn1. The van der Waals surface area contributed by atoms with Crippen LogP contribution in [-0.2, 0) is 6.54 Å². The third-order valence-electron chi connectivity index (χ3n) is 5.40. The van der Waals surface area contributed by atoms with Crippen LogP contribution in [0.3, 0.4) is 0 Å². The van der Waals surface area contributed by atoms with Gasteiger partial charge in [0.05, 0.1) is 6.54 Å². The molecule has 1 heterocycles. The average Bonchev–Trinajstić information content (AvgIpc) is 3.34. The lowest BCUT2D eigenvalue weighted by Crippen LogP contribution is -2.39. The smallest absolute Gasteiger partial charge is 0.251 e. The van der Waals surface area contributed by atoms with Crippen LogP contribution in [0.5, 0.6) is 0 Å². The van der Waals surface area contributed by atoms with Gasteiger partial charge in [-0.3, -0.25) is 4.79 Å². The summed E-state index contributed by atoms with van der Waals surface area (Å²) in [7, 11) is 0. The zero-order chi connectivity index (χ0) is 16.4. The molecule has 2 atom stereocenters. The van der Waals surface area contributed by atoms with Crippen LogP contribution in [0.4, 0.5) is 0 Å². The van der Waals surface area contributed by atoms with Crippen molar-refractivity contribution < 1.29 is 4.79 Å². The minimum atomic E-state index is 0.0483. The first-order valence-electron chi connectivity index (χ1n) is 9.01. The molecule has 0 aliphatic heterocycles. The Balaban J connectivity index is 1.44. The van der Waals surface area contributed by atoms with E-state index < -0.39 is 0 Å². The number of amides is 1. The molecule has 4 rings (SSSR count). The number of hydrogen-bond acceptors (Lipinski definition) is 3. The summed E-state index contributed by atoms with van der Waals surface area (Å²) in [5.74, 6) is 1.81. The van der Waals surface area contributed by atoms with E-state index in [1.807, 2.05) is 24.3 Å². The van der Waals surface area contributed by atoms with Crippen molar-refractivity contribution in [3.63, 3.8) is 0 Å². The van der Waals surface area contributed by atoms with Gasteiger partial charge in [0.25, 0.3) is 5.91 Å². The van der Waals surface area contributed by atoms with Crippen LogP contribution in [0.2, 0.25) is 0 Å². The van der Waals surface area contributed by atoms with Gasteiger partial charge in [-0.25, -0.2) is 9.67 Å². The molecule has 5 nitrogen and oxygen atoms in total. The van der Waals surface area contributed by atoms with Crippen LogP contribution in [0, 0.1) is 11.8 Å². The number of hydrogen-bond donors (Lipinski definition) is 1. The fourth-order valence-corrected chi connectivity index (χ4v) is 3.99. The maximum absolute atomic E-state index is 12.8. The number of rotatable bonds is 5. The Morgan fingerprint density at radius 1 is 1.17 bits per heavy atom. The Morgan fingerprint density at radius 2 is 2.04 bits per heavy atom. The molecule has 2 aliphatic rings. The molecule has 24 heavy (non-hydrogen) atoms. The van der Waals surface area contributed by atoms with Crippen LogP contribution >= 0.6 is 0 Å². The number of carbonyl (C=O) groups is 1. The fraction of sp³-hybridized carbons (Fsp3) is 0.526. The van der Waals surface area contributed by atoms with Crippen molar-refractivity contribution in [2.24, 2.45) is 11.8 Å². The van der Waals surface area contributed by atoms with Crippen molar-refractivity contribution >= 4 is 5.91 Å². The van der Waals surface area contributed by atoms with Crippen molar-refractivity contribution in [3.8, 4) is 0 Å². The zero-order valence-electron chi connectivity index (χ0n) is 13.9. The second-order valence-corrected chi connectivity index (χ2v) is 7.18. The van der Waals surface area contributed by atoms with E-state index in [1.165, 1.54) is 32.0 Å². The highest BCUT2D eigenvalue weighted by atomic mass is 16.1. The third-order valence-corrected chi connectivity index (χ3v) is 5.40. The monoisotopic (exact) mass is 324 g/mol. The molecular formula is C19H24N4O. The lowest BCUT2D eigenvalue weighted by Gasteiger charge is -2.30. The molecule has 0 radical (unpaired) electrons. The lowest BCUT2D eigenvalue weighted by molar-refractivity contribution is 0.0916. The van der Waals surface area contributed by atoms with Gasteiger partial charge in [0, 0.05) is 11.6 Å². The molecule has 0 spiro atoms. The topological polar surface area (TPSA) is 59.8 Å². The summed E-state index contributed by atoms with van der Waals surface area (Å²) in [5, 5.41) is 7.42. The van der Waals surface area contributed by atoms with Gasteiger partial charge in [-0.05, 0) is 49.1 Å². The molecule has 1 aromatic carbocycles. The highest BCUT2D eigenvalue weighted by Gasteiger charge is 2.35. The van der Waals surface area contributed by atoms with E-state index in [-0.39, 0.29) is 5.91 Å². The average molecular weight is 324 g/mol. The molecule has 2 fully saturated rings. The molecule has 2 aliphatic carbocycles. The molecular weight excluding hydrogens is 300 g/mol. The van der Waals surface area contributed by atoms with Crippen LogP contribution in [0.15, 0.2) is 36.9 Å². The maximum atomic E-state index is 12.8. The minimum absolute atomic E-state index is 0.0483. The second kappa shape index (κ2) is 6.75. The van der Waals surface area contributed by atoms with Crippen molar-refractivity contribution in [2.45, 2.75) is 51.1 Å². The standard InChI is InChI=1S/C19H24N4O/c24-19(22-17-6-3-5-15(10-17)14-8-9-14)18-7-2-1-4-16(18)11-23-13-20-12-21-23/h1-2,4,7,12-15,17H,3,5-6,8-11H2,(H,22,24)/t15-,17-/m0/s1. The molecule has 0 unspecified atom stereocenters. The Hall–Kier alpha value is -2.17. The van der Waals surface area contributed by atoms with E-state index in [4.69, 9.17) is 0 Å². The van der Waals surface area contributed by atoms with Crippen molar-refractivity contribution in [1.82, 2.24) is 20.1 Å². The first-order valence-corrected chi connectivity index (χ1v) is 9.01. The summed E-state index contributed by atoms with van der Waals surface area (Å²) in [6.45, 7) is 0.568. The van der Waals surface area contributed by atoms with Crippen LogP contribution in [-0.4, -0.2) is 26.7 Å². The predicted octanol–water partition coefficient (Wildman–Crippen LogP) is 3.03. The molecule has 2 saturated carbocycles. The normalized spacial score (nSPS) is 23.8. The number of carbonyl (C=O) groups excluding carboxylic acids is 1. The number of aromatic nitrogens is 3. The highest BCUT2D eigenvalue weighted by Crippen LogP contribution is 2.43. The van der Waals surface area contributed by atoms with Crippen molar-refractivity contribution in [2.75, 3.05) is 0 Å². The first-order chi connectivity index (χ1) is 11.8. The minimum Gasteiger partial charge on any atom is -0.349 e. The Morgan fingerprint density at radius 3 is 2.83 bits per heavy atom. The summed E-state index contributed by atoms with van der Waals surface area (Å²) in [5.41, 5.74) is 1.73. The Bertz CT molecular complexity index is 693. The molecule has 2 aromatic rings. The van der Waals surface area contributed by atoms with Crippen molar-refractivity contribution in [1.29, 1.82) is 0 Å². The van der Waals surface area contributed by atoms with E-state index >= 15 is 0 Å². The van der Waals surface area contributed by atoms with Crippen LogP contribution < -0.4 is 5.32 Å². The lowest BCUT2D eigenvalue weighted by atomic mass is 9.82. The quantitative estimate of drug-likeness (QED) is 0.919. The summed E-state index contributed by atoms with van der Waals surface area (Å²) in [6.07, 6.45) is 10.8. The van der Waals surface area contributed by atoms with Crippen LogP contribution in [0.25, 0.3) is 0 Å². The van der Waals surface area contributed by atoms with E-state index in [9.17, 15) is 4.79 Å². The molecule has 5 heteroatoms. The second-order valence-electron chi connectivity index (χ2n) is 7.18. The summed E-state index contributed by atoms with van der Waals surface area (Å²) in [4.78, 5) is 16.8. The molecule has 126 valence electrons. The largest absolute Gasteiger partial charge is 0.349 e. The molecule has 1 aromatic heterocycles. The highest BCUT2D eigenvalue weighted by molar-refractivity contribution is 5.95. The van der Waals surface area contributed by atoms with E-state index in [0.717, 1.165) is 35.8 Å². The first kappa shape index (κ1) is 15.4. The summed E-state index contributed by atoms with van der Waals surface area (Å²) < 4.78 is 1.75. The fourth-order valence-electron chi connectivity index (χ4n) is 3.99. The Kier molecular flexibility index (Phi) is 4.32. The molecule has 0 saturated heterocycles.